The van der Waals surface area contributed by atoms with Crippen molar-refractivity contribution in [3.8, 4) is 5.75 Å². The number of benzene rings is 1. The number of alkyl halides is 3. The fraction of sp³-hybridized carbons (Fsp3) is 0.125. The van der Waals surface area contributed by atoms with Crippen LogP contribution in [0, 0.1) is 0 Å². The largest absolute Gasteiger partial charge is 0.507 e. The van der Waals surface area contributed by atoms with Crippen molar-refractivity contribution in [3.05, 3.63) is 29.3 Å². The third-order valence-electron chi connectivity index (χ3n) is 1.56. The topological polar surface area (TPSA) is 37.3 Å². The summed E-state index contributed by atoms with van der Waals surface area (Å²) < 4.78 is 36.3. The number of carbonyl (C=O) groups is 1. The minimum absolute atomic E-state index is 0.249. The molecule has 0 fully saturated rings. The molecular formula is C8H5F3O2S. The maximum Gasteiger partial charge on any atom is 0.416 e. The van der Waals surface area contributed by atoms with Gasteiger partial charge in [0.15, 0.2) is 0 Å². The molecule has 0 heterocycles. The zero-order valence-electron chi connectivity index (χ0n) is 6.67. The smallest absolute Gasteiger partial charge is 0.416 e. The summed E-state index contributed by atoms with van der Waals surface area (Å²) in [6.45, 7) is 0. The lowest BCUT2D eigenvalue weighted by molar-refractivity contribution is -0.137. The fourth-order valence-corrected chi connectivity index (χ4v) is 1.08. The molecule has 0 saturated heterocycles. The van der Waals surface area contributed by atoms with Crippen molar-refractivity contribution in [3.63, 3.8) is 0 Å². The molecule has 0 aliphatic heterocycles. The Hall–Kier alpha value is -1.17. The highest BCUT2D eigenvalue weighted by Gasteiger charge is 2.31. The molecule has 1 aromatic carbocycles. The average molecular weight is 222 g/mol. The molecule has 2 nitrogen and oxygen atoms in total. The number of carbonyl (C=O) groups excluding carboxylic acids is 1. The van der Waals surface area contributed by atoms with Crippen LogP contribution in [0.25, 0.3) is 0 Å². The van der Waals surface area contributed by atoms with Gasteiger partial charge in [-0.2, -0.15) is 13.2 Å². The summed E-state index contributed by atoms with van der Waals surface area (Å²) in [4.78, 5) is 10.7. The summed E-state index contributed by atoms with van der Waals surface area (Å²) in [6, 6.07) is 2.08. The average Bonchev–Trinajstić information content (AvgIpc) is 2.01. The van der Waals surface area contributed by atoms with Crippen molar-refractivity contribution in [2.24, 2.45) is 0 Å². The first kappa shape index (κ1) is 10.9. The molecule has 1 rings (SSSR count). The van der Waals surface area contributed by atoms with Crippen molar-refractivity contribution >= 4 is 17.7 Å². The second kappa shape index (κ2) is 3.53. The van der Waals surface area contributed by atoms with Crippen LogP contribution in [0.2, 0.25) is 0 Å². The molecule has 0 aromatic heterocycles. The van der Waals surface area contributed by atoms with Crippen molar-refractivity contribution < 1.29 is 23.1 Å². The predicted molar refractivity (Wildman–Crippen MR) is 46.4 cm³/mol. The number of rotatable bonds is 1. The number of phenolic OH excluding ortho intramolecular Hbond substituents is 1. The Morgan fingerprint density at radius 3 is 2.29 bits per heavy atom. The molecule has 0 saturated carbocycles. The first-order chi connectivity index (χ1) is 6.32. The minimum Gasteiger partial charge on any atom is -0.507 e. The summed E-state index contributed by atoms with van der Waals surface area (Å²) in [5.74, 6) is -0.722. The van der Waals surface area contributed by atoms with E-state index < -0.39 is 22.6 Å². The highest BCUT2D eigenvalue weighted by Crippen LogP contribution is 2.32. The van der Waals surface area contributed by atoms with Gasteiger partial charge in [0.05, 0.1) is 11.1 Å². The summed E-state index contributed by atoms with van der Waals surface area (Å²) in [6.07, 6.45) is -4.53. The molecule has 0 bridgehead atoms. The van der Waals surface area contributed by atoms with Gasteiger partial charge in [-0.05, 0) is 18.2 Å². The molecule has 0 aliphatic rings. The normalized spacial score (nSPS) is 11.4. The molecular weight excluding hydrogens is 217 g/mol. The van der Waals surface area contributed by atoms with E-state index in [0.29, 0.717) is 12.1 Å². The van der Waals surface area contributed by atoms with Crippen LogP contribution in [-0.4, -0.2) is 10.2 Å². The van der Waals surface area contributed by atoms with Gasteiger partial charge in [0.2, 0.25) is 5.12 Å². The van der Waals surface area contributed by atoms with Gasteiger partial charge in [-0.3, -0.25) is 4.79 Å². The molecule has 0 spiro atoms. The van der Waals surface area contributed by atoms with Crippen molar-refractivity contribution in [2.45, 2.75) is 6.18 Å². The molecule has 1 aromatic rings. The van der Waals surface area contributed by atoms with Crippen LogP contribution in [0.4, 0.5) is 13.2 Å². The maximum atomic E-state index is 12.1. The van der Waals surface area contributed by atoms with Crippen LogP contribution < -0.4 is 0 Å². The van der Waals surface area contributed by atoms with Gasteiger partial charge in [0.25, 0.3) is 0 Å². The lowest BCUT2D eigenvalue weighted by atomic mass is 10.1. The van der Waals surface area contributed by atoms with Crippen LogP contribution >= 0.6 is 12.6 Å². The van der Waals surface area contributed by atoms with E-state index in [1.54, 1.807) is 0 Å². The summed E-state index contributed by atoms with van der Waals surface area (Å²) in [5, 5.41) is 8.27. The Morgan fingerprint density at radius 2 is 1.93 bits per heavy atom. The molecule has 14 heavy (non-hydrogen) atoms. The van der Waals surface area contributed by atoms with E-state index in [4.69, 9.17) is 5.11 Å². The van der Waals surface area contributed by atoms with Crippen LogP contribution in [0.5, 0.6) is 5.75 Å². The third kappa shape index (κ3) is 2.20. The third-order valence-corrected chi connectivity index (χ3v) is 1.80. The Bertz CT molecular complexity index is 373. The minimum atomic E-state index is -4.53. The zero-order chi connectivity index (χ0) is 10.9. The first-order valence-corrected chi connectivity index (χ1v) is 3.90. The van der Waals surface area contributed by atoms with Crippen LogP contribution in [0.15, 0.2) is 18.2 Å². The zero-order valence-corrected chi connectivity index (χ0v) is 7.56. The number of hydrogen-bond acceptors (Lipinski definition) is 2. The molecule has 1 N–H and O–H groups in total. The number of aromatic hydroxyl groups is 1. The highest BCUT2D eigenvalue weighted by molar-refractivity contribution is 7.97. The maximum absolute atomic E-state index is 12.1. The van der Waals surface area contributed by atoms with Gasteiger partial charge in [-0.1, -0.05) is 0 Å². The second-order valence-corrected chi connectivity index (χ2v) is 2.94. The van der Waals surface area contributed by atoms with Gasteiger partial charge in [0, 0.05) is 0 Å². The predicted octanol–water partition coefficient (Wildman–Crippen LogP) is 2.48. The standard InChI is InChI=1S/C8H5F3O2S/c9-8(10,11)4-1-2-5(7(13)14)6(12)3-4/h1-3,12H,(H,13,14). The number of thiol groups is 1. The first-order valence-electron chi connectivity index (χ1n) is 3.46. The molecule has 0 amide bonds. The highest BCUT2D eigenvalue weighted by atomic mass is 32.1. The quantitative estimate of drug-likeness (QED) is 0.716. The van der Waals surface area contributed by atoms with Gasteiger partial charge < -0.3 is 5.11 Å². The van der Waals surface area contributed by atoms with Crippen LogP contribution in [-0.2, 0) is 6.18 Å². The van der Waals surface area contributed by atoms with Crippen LogP contribution in [0.3, 0.4) is 0 Å². The number of hydrogen-bond donors (Lipinski definition) is 2. The van der Waals surface area contributed by atoms with Crippen molar-refractivity contribution in [2.75, 3.05) is 0 Å². The number of halogens is 3. The van der Waals surface area contributed by atoms with Gasteiger partial charge >= 0.3 is 6.18 Å². The van der Waals surface area contributed by atoms with Gasteiger partial charge in [-0.15, -0.1) is 12.6 Å². The van der Waals surface area contributed by atoms with Gasteiger partial charge in [-0.25, -0.2) is 0 Å². The van der Waals surface area contributed by atoms with Crippen LogP contribution in [0.1, 0.15) is 15.9 Å². The van der Waals surface area contributed by atoms with E-state index in [1.807, 2.05) is 0 Å². The molecule has 0 unspecified atom stereocenters. The van der Waals surface area contributed by atoms with Crippen molar-refractivity contribution in [1.29, 1.82) is 0 Å². The lowest BCUT2D eigenvalue weighted by Crippen LogP contribution is -2.05. The van der Waals surface area contributed by atoms with E-state index in [-0.39, 0.29) is 5.56 Å². The molecule has 0 atom stereocenters. The van der Waals surface area contributed by atoms with E-state index in [0.717, 1.165) is 6.07 Å². The van der Waals surface area contributed by atoms with E-state index in [9.17, 15) is 18.0 Å². The Morgan fingerprint density at radius 1 is 1.36 bits per heavy atom. The molecule has 6 heteroatoms. The number of phenols is 1. The van der Waals surface area contributed by atoms with E-state index in [1.165, 1.54) is 0 Å². The SMILES string of the molecule is O=C(S)c1ccc(C(F)(F)F)cc1O. The van der Waals surface area contributed by atoms with Gasteiger partial charge in [0.1, 0.15) is 5.75 Å². The Labute approximate surface area is 82.8 Å². The summed E-state index contributed by atoms with van der Waals surface area (Å²) >= 11 is 3.38. The molecule has 0 aliphatic carbocycles. The lowest BCUT2D eigenvalue weighted by Gasteiger charge is -2.07. The van der Waals surface area contributed by atoms with Crippen molar-refractivity contribution in [1.82, 2.24) is 0 Å². The monoisotopic (exact) mass is 222 g/mol. The summed E-state index contributed by atoms with van der Waals surface area (Å²) in [7, 11) is 0. The van der Waals surface area contributed by atoms with E-state index in [2.05, 4.69) is 12.6 Å². The summed E-state index contributed by atoms with van der Waals surface area (Å²) in [5.41, 5.74) is -1.25. The molecule has 76 valence electrons. The molecule has 0 radical (unpaired) electrons. The van der Waals surface area contributed by atoms with E-state index >= 15 is 0 Å². The Kier molecular flexibility index (Phi) is 2.75. The Balaban J connectivity index is 3.20. The fourth-order valence-electron chi connectivity index (χ4n) is 0.889. The second-order valence-electron chi connectivity index (χ2n) is 2.53.